The molecule has 178 valence electrons. The Morgan fingerprint density at radius 2 is 1.91 bits per heavy atom. The third-order valence-corrected chi connectivity index (χ3v) is 6.46. The van der Waals surface area contributed by atoms with Crippen molar-refractivity contribution in [3.05, 3.63) is 97.4 Å². The minimum Gasteiger partial charge on any atom is -0.493 e. The summed E-state index contributed by atoms with van der Waals surface area (Å²) in [7, 11) is 1.53. The van der Waals surface area contributed by atoms with Crippen LogP contribution in [0, 0.1) is 17.0 Å². The lowest BCUT2D eigenvalue weighted by Crippen LogP contribution is -2.19. The first kappa shape index (κ1) is 24.3. The molecule has 1 heterocycles. The smallest absolute Gasteiger partial charge is 0.269 e. The second-order valence-corrected chi connectivity index (χ2v) is 8.93. The van der Waals surface area contributed by atoms with Gasteiger partial charge >= 0.3 is 0 Å². The van der Waals surface area contributed by atoms with E-state index in [9.17, 15) is 14.9 Å². The van der Waals surface area contributed by atoms with Crippen molar-refractivity contribution in [2.24, 2.45) is 4.99 Å². The van der Waals surface area contributed by atoms with E-state index < -0.39 is 4.92 Å². The highest BCUT2D eigenvalue weighted by Crippen LogP contribution is 2.33. The van der Waals surface area contributed by atoms with Gasteiger partial charge in [0.15, 0.2) is 16.7 Å². The number of non-ortho nitro benzene ring substituents is 1. The number of nitrogens with one attached hydrogen (secondary N) is 1. The fraction of sp³-hybridized carbons (Fsp3) is 0.120. The SMILES string of the molecule is COc1cc(/C=C2\SC(=Nc3cccc(Cl)c3C)NC2=O)ccc1OCc1ccc([N+](=O)[O-])cc1. The minimum atomic E-state index is -0.447. The maximum absolute atomic E-state index is 12.5. The predicted octanol–water partition coefficient (Wildman–Crippen LogP) is 6.04. The molecule has 1 aliphatic heterocycles. The normalized spacial score (nSPS) is 15.3. The molecule has 10 heteroatoms. The first-order valence-electron chi connectivity index (χ1n) is 10.4. The molecular weight excluding hydrogens is 490 g/mol. The molecule has 0 radical (unpaired) electrons. The third-order valence-electron chi connectivity index (χ3n) is 5.14. The number of ether oxygens (including phenoxy) is 2. The van der Waals surface area contributed by atoms with Gasteiger partial charge in [-0.3, -0.25) is 14.9 Å². The molecule has 8 nitrogen and oxygen atoms in total. The number of amides is 1. The van der Waals surface area contributed by atoms with E-state index in [0.29, 0.717) is 32.3 Å². The quantitative estimate of drug-likeness (QED) is 0.237. The maximum Gasteiger partial charge on any atom is 0.269 e. The molecule has 0 aliphatic carbocycles. The van der Waals surface area contributed by atoms with Crippen LogP contribution in [-0.2, 0) is 11.4 Å². The van der Waals surface area contributed by atoms with Crippen molar-refractivity contribution >= 4 is 51.9 Å². The number of halogens is 1. The van der Waals surface area contributed by atoms with Gasteiger partial charge in [-0.05, 0) is 77.9 Å². The summed E-state index contributed by atoms with van der Waals surface area (Å²) in [5.41, 5.74) is 3.08. The van der Waals surface area contributed by atoms with E-state index in [4.69, 9.17) is 21.1 Å². The fourth-order valence-corrected chi connectivity index (χ4v) is 4.23. The summed E-state index contributed by atoms with van der Waals surface area (Å²) in [6, 6.07) is 16.9. The summed E-state index contributed by atoms with van der Waals surface area (Å²) in [4.78, 5) is 27.8. The molecule has 1 amide bonds. The summed E-state index contributed by atoms with van der Waals surface area (Å²) >= 11 is 7.40. The molecule has 1 fully saturated rings. The van der Waals surface area contributed by atoms with Gasteiger partial charge in [0.2, 0.25) is 0 Å². The van der Waals surface area contributed by atoms with Crippen molar-refractivity contribution in [3.8, 4) is 11.5 Å². The molecule has 0 atom stereocenters. The van der Waals surface area contributed by atoms with Crippen LogP contribution >= 0.6 is 23.4 Å². The van der Waals surface area contributed by atoms with Gasteiger partial charge in [-0.1, -0.05) is 23.7 Å². The number of carbonyl (C=O) groups excluding carboxylic acids is 1. The van der Waals surface area contributed by atoms with Crippen molar-refractivity contribution < 1.29 is 19.2 Å². The number of nitro groups is 1. The number of rotatable bonds is 7. The van der Waals surface area contributed by atoms with Crippen molar-refractivity contribution in [1.82, 2.24) is 5.32 Å². The Hall–Kier alpha value is -3.82. The molecule has 35 heavy (non-hydrogen) atoms. The molecule has 0 aromatic heterocycles. The monoisotopic (exact) mass is 509 g/mol. The maximum atomic E-state index is 12.5. The van der Waals surface area contributed by atoms with Crippen molar-refractivity contribution in [2.45, 2.75) is 13.5 Å². The van der Waals surface area contributed by atoms with E-state index in [1.165, 1.54) is 31.0 Å². The number of hydrogen-bond donors (Lipinski definition) is 1. The third kappa shape index (κ3) is 5.82. The molecular formula is C25H20ClN3O5S. The van der Waals surface area contributed by atoms with Crippen LogP contribution in [-0.4, -0.2) is 23.1 Å². The first-order valence-corrected chi connectivity index (χ1v) is 11.6. The Bertz CT molecular complexity index is 1360. The number of hydrogen-bond acceptors (Lipinski definition) is 7. The summed E-state index contributed by atoms with van der Waals surface area (Å²) in [5, 5.41) is 14.7. The van der Waals surface area contributed by atoms with Gasteiger partial charge in [0, 0.05) is 17.2 Å². The zero-order chi connectivity index (χ0) is 24.9. The number of aliphatic imine (C=N–C) groups is 1. The van der Waals surface area contributed by atoms with Gasteiger partial charge in [0.05, 0.1) is 22.6 Å². The van der Waals surface area contributed by atoms with E-state index in [-0.39, 0.29) is 18.2 Å². The average Bonchev–Trinajstić information content (AvgIpc) is 3.19. The minimum absolute atomic E-state index is 0.0217. The van der Waals surface area contributed by atoms with Crippen LogP contribution in [0.2, 0.25) is 5.02 Å². The van der Waals surface area contributed by atoms with Gasteiger partial charge in [-0.2, -0.15) is 0 Å². The largest absolute Gasteiger partial charge is 0.493 e. The van der Waals surface area contributed by atoms with Crippen LogP contribution in [0.25, 0.3) is 6.08 Å². The molecule has 1 N–H and O–H groups in total. The lowest BCUT2D eigenvalue weighted by Gasteiger charge is -2.11. The van der Waals surface area contributed by atoms with Gasteiger partial charge in [-0.15, -0.1) is 0 Å². The second-order valence-electron chi connectivity index (χ2n) is 7.49. The number of amidine groups is 1. The Labute approximate surface area is 210 Å². The number of benzene rings is 3. The Morgan fingerprint density at radius 1 is 1.14 bits per heavy atom. The van der Waals surface area contributed by atoms with Gasteiger partial charge in [0.25, 0.3) is 11.6 Å². The summed E-state index contributed by atoms with van der Waals surface area (Å²) in [5.74, 6) is 0.759. The number of nitro benzene ring substituents is 1. The summed E-state index contributed by atoms with van der Waals surface area (Å²) in [6.45, 7) is 2.09. The highest BCUT2D eigenvalue weighted by Gasteiger charge is 2.24. The standard InChI is InChI=1S/C25H20ClN3O5S/c1-15-19(26)4-3-5-20(15)27-25-28-24(30)23(35-25)13-17-8-11-21(22(12-17)33-2)34-14-16-6-9-18(10-7-16)29(31)32/h3-13H,14H2,1-2H3,(H,27,28,30)/b23-13-. The Balaban J connectivity index is 1.48. The van der Waals surface area contributed by atoms with E-state index in [0.717, 1.165) is 16.7 Å². The van der Waals surface area contributed by atoms with E-state index in [2.05, 4.69) is 10.3 Å². The molecule has 0 saturated carbocycles. The molecule has 0 bridgehead atoms. The fourth-order valence-electron chi connectivity index (χ4n) is 3.23. The Morgan fingerprint density at radius 3 is 2.63 bits per heavy atom. The number of thioether (sulfide) groups is 1. The van der Waals surface area contributed by atoms with Crippen molar-refractivity contribution in [2.75, 3.05) is 7.11 Å². The molecule has 0 spiro atoms. The van der Waals surface area contributed by atoms with Crippen LogP contribution in [0.5, 0.6) is 11.5 Å². The van der Waals surface area contributed by atoms with E-state index in [1.54, 1.807) is 36.4 Å². The molecule has 0 unspecified atom stereocenters. The topological polar surface area (TPSA) is 103 Å². The Kier molecular flexibility index (Phi) is 7.38. The van der Waals surface area contributed by atoms with Crippen molar-refractivity contribution in [3.63, 3.8) is 0 Å². The first-order chi connectivity index (χ1) is 16.8. The van der Waals surface area contributed by atoms with Crippen LogP contribution in [0.3, 0.4) is 0 Å². The van der Waals surface area contributed by atoms with Crippen LogP contribution < -0.4 is 14.8 Å². The summed E-state index contributed by atoms with van der Waals surface area (Å²) in [6.07, 6.45) is 1.75. The summed E-state index contributed by atoms with van der Waals surface area (Å²) < 4.78 is 11.3. The zero-order valence-corrected chi connectivity index (χ0v) is 20.4. The lowest BCUT2D eigenvalue weighted by atomic mass is 10.2. The van der Waals surface area contributed by atoms with Crippen LogP contribution in [0.4, 0.5) is 11.4 Å². The van der Waals surface area contributed by atoms with Crippen LogP contribution in [0.1, 0.15) is 16.7 Å². The molecule has 4 rings (SSSR count). The lowest BCUT2D eigenvalue weighted by molar-refractivity contribution is -0.384. The van der Waals surface area contributed by atoms with E-state index >= 15 is 0 Å². The highest BCUT2D eigenvalue weighted by atomic mass is 35.5. The highest BCUT2D eigenvalue weighted by molar-refractivity contribution is 8.18. The van der Waals surface area contributed by atoms with E-state index in [1.807, 2.05) is 25.1 Å². The molecule has 3 aromatic rings. The number of methoxy groups -OCH3 is 1. The van der Waals surface area contributed by atoms with Crippen molar-refractivity contribution in [1.29, 1.82) is 0 Å². The number of nitrogens with zero attached hydrogens (tertiary/aromatic N) is 2. The van der Waals surface area contributed by atoms with Gasteiger partial charge in [0.1, 0.15) is 6.61 Å². The second kappa shape index (κ2) is 10.6. The molecule has 1 aliphatic rings. The predicted molar refractivity (Wildman–Crippen MR) is 137 cm³/mol. The van der Waals surface area contributed by atoms with Gasteiger partial charge < -0.3 is 14.8 Å². The van der Waals surface area contributed by atoms with Crippen LogP contribution in [0.15, 0.2) is 70.6 Å². The molecule has 3 aromatic carbocycles. The van der Waals surface area contributed by atoms with Gasteiger partial charge in [-0.25, -0.2) is 4.99 Å². The zero-order valence-electron chi connectivity index (χ0n) is 18.8. The number of carbonyl (C=O) groups is 1. The average molecular weight is 510 g/mol. The molecule has 1 saturated heterocycles.